The lowest BCUT2D eigenvalue weighted by Crippen LogP contribution is -2.27. The van der Waals surface area contributed by atoms with Crippen molar-refractivity contribution in [1.29, 1.82) is 0 Å². The molecule has 1 aliphatic rings. The zero-order chi connectivity index (χ0) is 20.3. The smallest absolute Gasteiger partial charge is 0.280 e. The molecule has 0 aliphatic carbocycles. The second-order valence-corrected chi connectivity index (χ2v) is 6.50. The first-order valence-corrected chi connectivity index (χ1v) is 8.61. The Morgan fingerprint density at radius 1 is 1.64 bits per heavy atom. The molecule has 0 bridgehead atoms. The Balaban J connectivity index is 1.88. The molecular formula is C15H20N8O5. The number of nitrogens with zero attached hydrogens (tertiary/aromatic N) is 6. The number of carbonyl (C=O) groups excluding carboxylic acids is 1. The summed E-state index contributed by atoms with van der Waals surface area (Å²) in [4.78, 5) is 37.6. The van der Waals surface area contributed by atoms with Crippen molar-refractivity contribution in [3.05, 3.63) is 27.1 Å². The lowest BCUT2D eigenvalue weighted by molar-refractivity contribution is -0.118. The third kappa shape index (κ3) is 3.97. The van der Waals surface area contributed by atoms with E-state index in [2.05, 4.69) is 30.3 Å². The van der Waals surface area contributed by atoms with E-state index in [4.69, 9.17) is 15.0 Å². The van der Waals surface area contributed by atoms with Gasteiger partial charge in [-0.3, -0.25) is 24.5 Å². The van der Waals surface area contributed by atoms with Gasteiger partial charge < -0.3 is 14.6 Å². The molecule has 3 heterocycles. The predicted molar refractivity (Wildman–Crippen MR) is 96.1 cm³/mol. The third-order valence-electron chi connectivity index (χ3n) is 4.28. The number of rotatable bonds is 7. The van der Waals surface area contributed by atoms with Gasteiger partial charge in [0.15, 0.2) is 11.2 Å². The summed E-state index contributed by atoms with van der Waals surface area (Å²) in [5.41, 5.74) is 8.15. The van der Waals surface area contributed by atoms with Crippen LogP contribution in [0.3, 0.4) is 0 Å². The van der Waals surface area contributed by atoms with Gasteiger partial charge in [-0.15, -0.1) is 0 Å². The Hall–Kier alpha value is -2.99. The molecule has 1 aliphatic heterocycles. The summed E-state index contributed by atoms with van der Waals surface area (Å²) in [5, 5.41) is 15.4. The Kier molecular flexibility index (Phi) is 5.90. The number of amides is 1. The molecule has 2 aromatic heterocycles. The van der Waals surface area contributed by atoms with Gasteiger partial charge in [-0.1, -0.05) is 19.0 Å². The van der Waals surface area contributed by atoms with Gasteiger partial charge in [-0.25, -0.2) is 4.98 Å². The number of imidazole rings is 1. The number of hydrogen-bond donors (Lipinski definition) is 3. The number of carbonyl (C=O) groups is 1. The summed E-state index contributed by atoms with van der Waals surface area (Å²) in [7, 11) is 0. The minimum atomic E-state index is -0.640. The molecule has 0 aromatic carbocycles. The zero-order valence-corrected chi connectivity index (χ0v) is 15.3. The molecule has 0 saturated carbocycles. The van der Waals surface area contributed by atoms with Crippen molar-refractivity contribution in [2.24, 2.45) is 11.0 Å². The zero-order valence-electron chi connectivity index (χ0n) is 15.3. The van der Waals surface area contributed by atoms with Gasteiger partial charge in [-0.2, -0.15) is 4.98 Å². The van der Waals surface area contributed by atoms with E-state index >= 15 is 0 Å². The van der Waals surface area contributed by atoms with Gasteiger partial charge in [0, 0.05) is 17.3 Å². The summed E-state index contributed by atoms with van der Waals surface area (Å²) in [6.45, 7) is 2.94. The highest BCUT2D eigenvalue weighted by Crippen LogP contribution is 2.32. The van der Waals surface area contributed by atoms with Gasteiger partial charge in [0.2, 0.25) is 11.9 Å². The quantitative estimate of drug-likeness (QED) is 0.351. The van der Waals surface area contributed by atoms with Gasteiger partial charge in [0.25, 0.3) is 5.56 Å². The number of fused-ring (bicyclic) bond motifs is 1. The minimum absolute atomic E-state index is 0.00538. The second kappa shape index (κ2) is 8.35. The fourth-order valence-electron chi connectivity index (χ4n) is 2.82. The number of azide groups is 1. The molecule has 3 rings (SSSR count). The van der Waals surface area contributed by atoms with Crippen LogP contribution < -0.4 is 10.9 Å². The molecule has 13 nitrogen and oxygen atoms in total. The van der Waals surface area contributed by atoms with E-state index in [1.807, 2.05) is 0 Å². The van der Waals surface area contributed by atoms with Crippen LogP contribution in [0, 0.1) is 5.92 Å². The molecule has 0 radical (unpaired) electrons. The molecule has 28 heavy (non-hydrogen) atoms. The molecular weight excluding hydrogens is 372 g/mol. The molecule has 2 aromatic rings. The van der Waals surface area contributed by atoms with Gasteiger partial charge in [-0.05, 0) is 5.53 Å². The molecule has 13 heteroatoms. The van der Waals surface area contributed by atoms with Crippen LogP contribution in [0.1, 0.15) is 26.5 Å². The van der Waals surface area contributed by atoms with Gasteiger partial charge in [0.05, 0.1) is 19.0 Å². The minimum Gasteiger partial charge on any atom is -0.394 e. The maximum Gasteiger partial charge on any atom is 0.280 e. The largest absolute Gasteiger partial charge is 0.394 e. The van der Waals surface area contributed by atoms with Crippen molar-refractivity contribution in [2.45, 2.75) is 38.7 Å². The number of hydrogen-bond acceptors (Lipinski definition) is 8. The van der Waals surface area contributed by atoms with Crippen LogP contribution >= 0.6 is 0 Å². The van der Waals surface area contributed by atoms with E-state index in [1.165, 1.54) is 10.9 Å². The van der Waals surface area contributed by atoms with E-state index in [0.29, 0.717) is 6.42 Å². The Labute approximate surface area is 158 Å². The maximum absolute atomic E-state index is 12.3. The van der Waals surface area contributed by atoms with Gasteiger partial charge >= 0.3 is 0 Å². The summed E-state index contributed by atoms with van der Waals surface area (Å²) in [5.74, 6) is -0.577. The average molecular weight is 392 g/mol. The lowest BCUT2D eigenvalue weighted by Gasteiger charge is -2.15. The van der Waals surface area contributed by atoms with Crippen molar-refractivity contribution in [2.75, 3.05) is 18.7 Å². The standard InChI is InChI=1S/C15H20N8O5/c1-7(2)13(25)20-15-19-12-11(14(26)21-15)17-5-23(12)10-3-8(9(4-24)28-10)27-6-18-22-16/h5,7-10,24H,3-4,6H2,1-2H3,(H2,19,20,21,25,26)/t8?,9-,10-/m1/s1. The number of aromatic amines is 1. The first kappa shape index (κ1) is 19.8. The van der Waals surface area contributed by atoms with Crippen LogP contribution in [-0.2, 0) is 14.3 Å². The molecule has 1 fully saturated rings. The van der Waals surface area contributed by atoms with Crippen molar-refractivity contribution < 1.29 is 19.4 Å². The van der Waals surface area contributed by atoms with Gasteiger partial charge in [0.1, 0.15) is 19.1 Å². The van der Waals surface area contributed by atoms with Crippen LogP contribution in [0.25, 0.3) is 21.6 Å². The number of aliphatic hydroxyl groups is 1. The van der Waals surface area contributed by atoms with Crippen LogP contribution in [0.2, 0.25) is 0 Å². The Bertz CT molecular complexity index is 963. The molecule has 3 N–H and O–H groups in total. The highest BCUT2D eigenvalue weighted by Gasteiger charge is 2.37. The van der Waals surface area contributed by atoms with Crippen molar-refractivity contribution >= 4 is 23.0 Å². The highest BCUT2D eigenvalue weighted by atomic mass is 16.6. The summed E-state index contributed by atoms with van der Waals surface area (Å²) >= 11 is 0. The predicted octanol–water partition coefficient (Wildman–Crippen LogP) is 0.647. The normalized spacial score (nSPS) is 21.8. The number of anilines is 1. The summed E-state index contributed by atoms with van der Waals surface area (Å²) in [6.07, 6.45) is -0.0463. The van der Waals surface area contributed by atoms with E-state index in [0.717, 1.165) is 0 Å². The fourth-order valence-corrected chi connectivity index (χ4v) is 2.82. The monoisotopic (exact) mass is 392 g/mol. The number of aromatic nitrogens is 4. The summed E-state index contributed by atoms with van der Waals surface area (Å²) < 4.78 is 12.7. The Morgan fingerprint density at radius 2 is 2.43 bits per heavy atom. The number of aliphatic hydroxyl groups excluding tert-OH is 1. The first-order valence-electron chi connectivity index (χ1n) is 8.61. The number of H-pyrrole nitrogens is 1. The second-order valence-electron chi connectivity index (χ2n) is 6.50. The van der Waals surface area contributed by atoms with E-state index in [9.17, 15) is 14.7 Å². The van der Waals surface area contributed by atoms with Crippen molar-refractivity contribution in [3.8, 4) is 0 Å². The van der Waals surface area contributed by atoms with E-state index < -0.39 is 24.0 Å². The van der Waals surface area contributed by atoms with Crippen molar-refractivity contribution in [3.63, 3.8) is 0 Å². The SMILES string of the molecule is CC(C)C(=O)Nc1nc2c(ncn2[C@H]2CC(OCN=[N+]=[N-])[C@@H](CO)O2)c(=O)[nH]1. The van der Waals surface area contributed by atoms with E-state index in [-0.39, 0.29) is 42.3 Å². The lowest BCUT2D eigenvalue weighted by atomic mass is 10.2. The number of ether oxygens (including phenoxy) is 2. The molecule has 0 spiro atoms. The molecule has 150 valence electrons. The molecule has 3 atom stereocenters. The van der Waals surface area contributed by atoms with E-state index in [1.54, 1.807) is 13.8 Å². The van der Waals surface area contributed by atoms with Crippen LogP contribution in [0.4, 0.5) is 5.95 Å². The first-order chi connectivity index (χ1) is 13.4. The molecule has 1 unspecified atom stereocenters. The van der Waals surface area contributed by atoms with Crippen LogP contribution in [0.5, 0.6) is 0 Å². The van der Waals surface area contributed by atoms with Crippen molar-refractivity contribution in [1.82, 2.24) is 19.5 Å². The topological polar surface area (TPSA) is 180 Å². The third-order valence-corrected chi connectivity index (χ3v) is 4.28. The van der Waals surface area contributed by atoms with Crippen LogP contribution in [-0.4, -0.2) is 56.1 Å². The average Bonchev–Trinajstić information content (AvgIpc) is 3.25. The maximum atomic E-state index is 12.3. The summed E-state index contributed by atoms with van der Waals surface area (Å²) in [6, 6.07) is 0. The van der Waals surface area contributed by atoms with Crippen LogP contribution in [0.15, 0.2) is 16.2 Å². The molecule has 1 amide bonds. The number of nitrogens with one attached hydrogen (secondary N) is 2. The molecule has 1 saturated heterocycles. The Morgan fingerprint density at radius 3 is 3.11 bits per heavy atom. The highest BCUT2D eigenvalue weighted by molar-refractivity contribution is 5.91. The fraction of sp³-hybridized carbons (Fsp3) is 0.600.